The summed E-state index contributed by atoms with van der Waals surface area (Å²) in [6, 6.07) is 11.6. The molecule has 2 atom stereocenters. The first-order valence-electron chi connectivity index (χ1n) is 7.67. The molecule has 1 aromatic heterocycles. The lowest BCUT2D eigenvalue weighted by atomic mass is 10.1. The van der Waals surface area contributed by atoms with Crippen molar-refractivity contribution in [3.05, 3.63) is 65.4 Å². The molecule has 0 unspecified atom stereocenters. The summed E-state index contributed by atoms with van der Waals surface area (Å²) in [6.07, 6.45) is -0.898. The van der Waals surface area contributed by atoms with Gasteiger partial charge in [-0.15, -0.1) is 0 Å². The highest BCUT2D eigenvalue weighted by atomic mass is 32.2. The van der Waals surface area contributed by atoms with Crippen molar-refractivity contribution in [2.45, 2.75) is 30.5 Å². The van der Waals surface area contributed by atoms with Crippen molar-refractivity contribution < 1.29 is 17.9 Å². The minimum absolute atomic E-state index is 0.0996. The van der Waals surface area contributed by atoms with E-state index in [1.807, 2.05) is 6.92 Å². The number of rotatable bonds is 2. The van der Waals surface area contributed by atoms with Crippen LogP contribution in [-0.2, 0) is 16.4 Å². The van der Waals surface area contributed by atoms with Gasteiger partial charge in [-0.1, -0.05) is 23.8 Å². The summed E-state index contributed by atoms with van der Waals surface area (Å²) in [5.74, 6) is 0. The van der Waals surface area contributed by atoms with Crippen molar-refractivity contribution >= 4 is 20.9 Å². The van der Waals surface area contributed by atoms with Gasteiger partial charge in [-0.25, -0.2) is 16.8 Å². The van der Waals surface area contributed by atoms with Crippen LogP contribution in [0.2, 0.25) is 0 Å². The van der Waals surface area contributed by atoms with Gasteiger partial charge < -0.3 is 5.11 Å². The lowest BCUT2D eigenvalue weighted by molar-refractivity contribution is 0.0926. The molecule has 1 N–H and O–H groups in total. The van der Waals surface area contributed by atoms with Gasteiger partial charge in [0.1, 0.15) is 12.3 Å². The summed E-state index contributed by atoms with van der Waals surface area (Å²) >= 11 is 0. The van der Waals surface area contributed by atoms with Gasteiger partial charge in [-0.05, 0) is 42.3 Å². The number of alkyl halides is 1. The Hall–Kier alpha value is -2.18. The molecular formula is C18H16FNO3S. The van der Waals surface area contributed by atoms with E-state index in [0.717, 1.165) is 5.56 Å². The average Bonchev–Trinajstić information content (AvgIpc) is 3.10. The van der Waals surface area contributed by atoms with Crippen molar-refractivity contribution in [1.82, 2.24) is 3.97 Å². The minimum atomic E-state index is -3.72. The molecule has 4 rings (SSSR count). The zero-order valence-electron chi connectivity index (χ0n) is 13.0. The maximum Gasteiger partial charge on any atom is 0.268 e. The van der Waals surface area contributed by atoms with Gasteiger partial charge in [0.25, 0.3) is 10.0 Å². The molecule has 4 nitrogen and oxygen atoms in total. The van der Waals surface area contributed by atoms with E-state index in [2.05, 4.69) is 0 Å². The smallest absolute Gasteiger partial charge is 0.268 e. The van der Waals surface area contributed by atoms with Crippen LogP contribution in [0.3, 0.4) is 0 Å². The summed E-state index contributed by atoms with van der Waals surface area (Å²) in [5, 5.41) is 10.5. The third kappa shape index (κ3) is 2.10. The van der Waals surface area contributed by atoms with Crippen molar-refractivity contribution in [3.63, 3.8) is 0 Å². The van der Waals surface area contributed by atoms with Crippen LogP contribution in [0.25, 0.3) is 10.9 Å². The first-order chi connectivity index (χ1) is 11.4. The molecular weight excluding hydrogens is 329 g/mol. The van der Waals surface area contributed by atoms with E-state index in [9.17, 15) is 17.9 Å². The second kappa shape index (κ2) is 5.16. The van der Waals surface area contributed by atoms with Gasteiger partial charge in [0.2, 0.25) is 0 Å². The molecule has 24 heavy (non-hydrogen) atoms. The van der Waals surface area contributed by atoms with E-state index in [-0.39, 0.29) is 11.3 Å². The second-order valence-electron chi connectivity index (χ2n) is 6.16. The fourth-order valence-electron chi connectivity index (χ4n) is 3.31. The molecule has 0 bridgehead atoms. The van der Waals surface area contributed by atoms with E-state index < -0.39 is 22.3 Å². The highest BCUT2D eigenvalue weighted by Gasteiger charge is 2.33. The van der Waals surface area contributed by atoms with E-state index in [1.54, 1.807) is 42.5 Å². The Labute approximate surface area is 139 Å². The molecule has 0 saturated heterocycles. The van der Waals surface area contributed by atoms with E-state index in [4.69, 9.17) is 0 Å². The number of fused-ring (bicyclic) bond motifs is 3. The van der Waals surface area contributed by atoms with Gasteiger partial charge in [-0.2, -0.15) is 0 Å². The van der Waals surface area contributed by atoms with Gasteiger partial charge in [-0.3, -0.25) is 0 Å². The molecule has 0 saturated carbocycles. The van der Waals surface area contributed by atoms with Gasteiger partial charge in [0.05, 0.1) is 10.4 Å². The normalized spacial score (nSPS) is 20.5. The number of aryl methyl sites for hydroxylation is 1. The van der Waals surface area contributed by atoms with Crippen LogP contribution < -0.4 is 0 Å². The number of halogens is 1. The first-order valence-corrected chi connectivity index (χ1v) is 9.11. The standard InChI is InChI=1S/C18H16FNO3S/c1-11-2-4-12(5-3-11)24(22,23)20-9-8-13-15-10-16(19)18(21)14(15)6-7-17(13)20/h2-9,16,18,21H,10H2,1H3/t16-,18+/m0/s1. The van der Waals surface area contributed by atoms with Crippen molar-refractivity contribution in [3.8, 4) is 0 Å². The third-order valence-electron chi connectivity index (χ3n) is 4.62. The number of benzene rings is 2. The Kier molecular flexibility index (Phi) is 3.30. The quantitative estimate of drug-likeness (QED) is 0.776. The van der Waals surface area contributed by atoms with Crippen molar-refractivity contribution in [2.75, 3.05) is 0 Å². The van der Waals surface area contributed by atoms with Gasteiger partial charge in [0.15, 0.2) is 0 Å². The zero-order chi connectivity index (χ0) is 17.1. The molecule has 124 valence electrons. The van der Waals surface area contributed by atoms with Crippen LogP contribution in [0, 0.1) is 6.92 Å². The fraction of sp³-hybridized carbons (Fsp3) is 0.222. The molecule has 0 amide bonds. The number of aliphatic hydroxyl groups is 1. The monoisotopic (exact) mass is 345 g/mol. The summed E-state index contributed by atoms with van der Waals surface area (Å²) < 4.78 is 40.8. The van der Waals surface area contributed by atoms with Gasteiger partial charge >= 0.3 is 0 Å². The van der Waals surface area contributed by atoms with Crippen molar-refractivity contribution in [2.24, 2.45) is 0 Å². The van der Waals surface area contributed by atoms with Crippen LogP contribution >= 0.6 is 0 Å². The molecule has 0 spiro atoms. The Morgan fingerprint density at radius 2 is 1.83 bits per heavy atom. The third-order valence-corrected chi connectivity index (χ3v) is 6.33. The topological polar surface area (TPSA) is 59.3 Å². The summed E-state index contributed by atoms with van der Waals surface area (Å²) in [7, 11) is -3.72. The number of aromatic nitrogens is 1. The van der Waals surface area contributed by atoms with Crippen LogP contribution in [0.15, 0.2) is 53.6 Å². The summed E-state index contributed by atoms with van der Waals surface area (Å²) in [5.41, 5.74) is 2.70. The van der Waals surface area contributed by atoms with Crippen LogP contribution in [-0.4, -0.2) is 23.7 Å². The van der Waals surface area contributed by atoms with Crippen LogP contribution in [0.1, 0.15) is 22.8 Å². The minimum Gasteiger partial charge on any atom is -0.385 e. The highest BCUT2D eigenvalue weighted by molar-refractivity contribution is 7.90. The van der Waals surface area contributed by atoms with E-state index in [0.29, 0.717) is 22.0 Å². The van der Waals surface area contributed by atoms with E-state index >= 15 is 0 Å². The Morgan fingerprint density at radius 3 is 2.54 bits per heavy atom. The maximum absolute atomic E-state index is 13.8. The molecule has 6 heteroatoms. The predicted octanol–water partition coefficient (Wildman–Crippen LogP) is 3.11. The largest absolute Gasteiger partial charge is 0.385 e. The van der Waals surface area contributed by atoms with Crippen LogP contribution in [0.5, 0.6) is 0 Å². The SMILES string of the molecule is Cc1ccc(S(=O)(=O)n2ccc3c4c(ccc32)[C@@H](O)[C@@H](F)C4)cc1. The molecule has 0 fully saturated rings. The predicted molar refractivity (Wildman–Crippen MR) is 89.3 cm³/mol. The Morgan fingerprint density at radius 1 is 1.12 bits per heavy atom. The number of hydrogen-bond acceptors (Lipinski definition) is 3. The maximum atomic E-state index is 13.8. The molecule has 1 aliphatic rings. The summed E-state index contributed by atoms with van der Waals surface area (Å²) in [6.45, 7) is 1.89. The lowest BCUT2D eigenvalue weighted by Gasteiger charge is -2.09. The lowest BCUT2D eigenvalue weighted by Crippen LogP contribution is -2.11. The second-order valence-corrected chi connectivity index (χ2v) is 7.98. The average molecular weight is 345 g/mol. The Bertz CT molecular complexity index is 1040. The molecule has 3 aromatic rings. The van der Waals surface area contributed by atoms with Gasteiger partial charge in [0, 0.05) is 18.0 Å². The van der Waals surface area contributed by atoms with E-state index in [1.165, 1.54) is 10.2 Å². The summed E-state index contributed by atoms with van der Waals surface area (Å²) in [4.78, 5) is 0.203. The van der Waals surface area contributed by atoms with Crippen molar-refractivity contribution in [1.29, 1.82) is 0 Å². The Balaban J connectivity index is 1.90. The molecule has 1 aliphatic carbocycles. The molecule has 1 heterocycles. The first kappa shape index (κ1) is 15.4. The van der Waals surface area contributed by atoms with Crippen LogP contribution in [0.4, 0.5) is 4.39 Å². The highest BCUT2D eigenvalue weighted by Crippen LogP contribution is 2.38. The molecule has 0 aliphatic heterocycles. The molecule has 0 radical (unpaired) electrons. The number of hydrogen-bond donors (Lipinski definition) is 1. The molecule has 2 aromatic carbocycles. The fourth-order valence-corrected chi connectivity index (χ4v) is 4.66. The number of aliphatic hydroxyl groups excluding tert-OH is 1. The number of nitrogens with zero attached hydrogens (tertiary/aromatic N) is 1. The zero-order valence-corrected chi connectivity index (χ0v) is 13.8.